The first-order chi connectivity index (χ1) is 11.4. The number of piperidine rings is 1. The van der Waals surface area contributed by atoms with Crippen LogP contribution in [0, 0.1) is 5.41 Å². The molecule has 1 N–H and O–H groups in total. The van der Waals surface area contributed by atoms with Crippen molar-refractivity contribution in [3.63, 3.8) is 0 Å². The van der Waals surface area contributed by atoms with Crippen molar-refractivity contribution in [3.8, 4) is 0 Å². The van der Waals surface area contributed by atoms with Gasteiger partial charge in [-0.2, -0.15) is 5.10 Å². The molecule has 0 unspecified atom stereocenters. The second kappa shape index (κ2) is 6.93. The SMILES string of the molecule is CC(C)(C)CN1CCC(c2n[nH]c(=O)n2Cc2ccccc2)CC1. The molecule has 2 aromatic rings. The molecule has 1 fully saturated rings. The molecule has 5 heteroatoms. The minimum atomic E-state index is -0.106. The van der Waals surface area contributed by atoms with E-state index >= 15 is 0 Å². The number of nitrogens with one attached hydrogen (secondary N) is 1. The Balaban J connectivity index is 1.69. The van der Waals surface area contributed by atoms with Crippen LogP contribution in [0.4, 0.5) is 0 Å². The van der Waals surface area contributed by atoms with E-state index in [0.29, 0.717) is 17.9 Å². The molecule has 0 bridgehead atoms. The van der Waals surface area contributed by atoms with Gasteiger partial charge >= 0.3 is 5.69 Å². The van der Waals surface area contributed by atoms with Crippen molar-refractivity contribution >= 4 is 0 Å². The second-order valence-corrected chi connectivity index (χ2v) is 8.07. The lowest BCUT2D eigenvalue weighted by atomic mass is 9.91. The van der Waals surface area contributed by atoms with Crippen LogP contribution in [0.3, 0.4) is 0 Å². The van der Waals surface area contributed by atoms with Gasteiger partial charge in [0.1, 0.15) is 5.82 Å². The molecular weight excluding hydrogens is 300 g/mol. The quantitative estimate of drug-likeness (QED) is 0.939. The minimum absolute atomic E-state index is 0.106. The van der Waals surface area contributed by atoms with Crippen LogP contribution >= 0.6 is 0 Å². The van der Waals surface area contributed by atoms with Gasteiger partial charge in [-0.15, -0.1) is 0 Å². The Morgan fingerprint density at radius 3 is 2.46 bits per heavy atom. The molecule has 130 valence electrons. The van der Waals surface area contributed by atoms with Crippen LogP contribution in [0.25, 0.3) is 0 Å². The Hall–Kier alpha value is -1.88. The molecule has 1 aromatic carbocycles. The number of aromatic nitrogens is 3. The van der Waals surface area contributed by atoms with Gasteiger partial charge in [0.25, 0.3) is 0 Å². The fraction of sp³-hybridized carbons (Fsp3) is 0.579. The number of aromatic amines is 1. The largest absolute Gasteiger partial charge is 0.343 e. The third kappa shape index (κ3) is 4.15. The predicted molar refractivity (Wildman–Crippen MR) is 96.3 cm³/mol. The number of nitrogens with zero attached hydrogens (tertiary/aromatic N) is 3. The van der Waals surface area contributed by atoms with Crippen LogP contribution < -0.4 is 5.69 Å². The van der Waals surface area contributed by atoms with E-state index in [2.05, 4.69) is 48.0 Å². The van der Waals surface area contributed by atoms with Gasteiger partial charge in [0, 0.05) is 12.5 Å². The average Bonchev–Trinajstić information content (AvgIpc) is 2.89. The van der Waals surface area contributed by atoms with Crippen LogP contribution in [0.2, 0.25) is 0 Å². The molecule has 0 amide bonds. The summed E-state index contributed by atoms with van der Waals surface area (Å²) in [5.74, 6) is 1.28. The third-order valence-electron chi connectivity index (χ3n) is 4.62. The lowest BCUT2D eigenvalue weighted by molar-refractivity contribution is 0.151. The number of hydrogen-bond donors (Lipinski definition) is 1. The van der Waals surface area contributed by atoms with Crippen LogP contribution in [0.1, 0.15) is 50.9 Å². The van der Waals surface area contributed by atoms with E-state index in [9.17, 15) is 4.79 Å². The number of rotatable bonds is 4. The molecule has 0 atom stereocenters. The van der Waals surface area contributed by atoms with Gasteiger partial charge in [-0.05, 0) is 36.9 Å². The fourth-order valence-corrected chi connectivity index (χ4v) is 3.58. The zero-order chi connectivity index (χ0) is 17.2. The Kier molecular flexibility index (Phi) is 4.90. The fourth-order valence-electron chi connectivity index (χ4n) is 3.58. The summed E-state index contributed by atoms with van der Waals surface area (Å²) in [4.78, 5) is 14.7. The van der Waals surface area contributed by atoms with Crippen LogP contribution in [-0.4, -0.2) is 39.3 Å². The molecule has 1 aliphatic rings. The van der Waals surface area contributed by atoms with E-state index in [1.165, 1.54) is 0 Å². The molecule has 1 aromatic heterocycles. The van der Waals surface area contributed by atoms with Crippen molar-refractivity contribution < 1.29 is 0 Å². The number of likely N-dealkylation sites (tertiary alicyclic amines) is 1. The summed E-state index contributed by atoms with van der Waals surface area (Å²) >= 11 is 0. The van der Waals surface area contributed by atoms with Crippen molar-refractivity contribution in [1.82, 2.24) is 19.7 Å². The number of hydrogen-bond acceptors (Lipinski definition) is 3. The van der Waals surface area contributed by atoms with Gasteiger partial charge in [-0.3, -0.25) is 4.57 Å². The summed E-state index contributed by atoms with van der Waals surface area (Å²) in [6, 6.07) is 10.1. The van der Waals surface area contributed by atoms with Crippen LogP contribution in [0.5, 0.6) is 0 Å². The van der Waals surface area contributed by atoms with Gasteiger partial charge in [-0.25, -0.2) is 9.89 Å². The summed E-state index contributed by atoms with van der Waals surface area (Å²) in [6.45, 7) is 10.7. The summed E-state index contributed by atoms with van der Waals surface area (Å²) in [7, 11) is 0. The zero-order valence-electron chi connectivity index (χ0n) is 15.0. The third-order valence-corrected chi connectivity index (χ3v) is 4.62. The van der Waals surface area contributed by atoms with Gasteiger partial charge in [0.05, 0.1) is 6.54 Å². The van der Waals surface area contributed by atoms with E-state index in [4.69, 9.17) is 0 Å². The molecule has 24 heavy (non-hydrogen) atoms. The molecule has 1 aliphatic heterocycles. The first kappa shape index (κ1) is 17.0. The summed E-state index contributed by atoms with van der Waals surface area (Å²) in [5, 5.41) is 6.99. The summed E-state index contributed by atoms with van der Waals surface area (Å²) in [6.07, 6.45) is 2.13. The number of H-pyrrole nitrogens is 1. The Labute approximate surface area is 143 Å². The predicted octanol–water partition coefficient (Wildman–Crippen LogP) is 2.85. The van der Waals surface area contributed by atoms with E-state index in [0.717, 1.165) is 43.9 Å². The molecule has 5 nitrogen and oxygen atoms in total. The first-order valence-electron chi connectivity index (χ1n) is 8.84. The van der Waals surface area contributed by atoms with Gasteiger partial charge in [0.2, 0.25) is 0 Å². The van der Waals surface area contributed by atoms with Crippen molar-refractivity contribution in [2.75, 3.05) is 19.6 Å². The monoisotopic (exact) mass is 328 g/mol. The van der Waals surface area contributed by atoms with Gasteiger partial charge in [-0.1, -0.05) is 51.1 Å². The lowest BCUT2D eigenvalue weighted by Gasteiger charge is -2.35. The molecule has 0 aliphatic carbocycles. The molecule has 0 saturated carbocycles. The minimum Gasteiger partial charge on any atom is -0.303 e. The maximum atomic E-state index is 12.2. The van der Waals surface area contributed by atoms with Crippen molar-refractivity contribution in [2.45, 2.75) is 46.1 Å². The van der Waals surface area contributed by atoms with E-state index < -0.39 is 0 Å². The second-order valence-electron chi connectivity index (χ2n) is 8.07. The maximum absolute atomic E-state index is 12.2. The Bertz CT molecular complexity index is 703. The van der Waals surface area contributed by atoms with Crippen LogP contribution in [-0.2, 0) is 6.54 Å². The lowest BCUT2D eigenvalue weighted by Crippen LogP contribution is -2.39. The maximum Gasteiger partial charge on any atom is 0.343 e. The Morgan fingerprint density at radius 2 is 1.83 bits per heavy atom. The topological polar surface area (TPSA) is 53.9 Å². The smallest absolute Gasteiger partial charge is 0.303 e. The molecule has 2 heterocycles. The summed E-state index contributed by atoms with van der Waals surface area (Å²) in [5.41, 5.74) is 1.35. The first-order valence-corrected chi connectivity index (χ1v) is 8.84. The number of benzene rings is 1. The molecule has 0 spiro atoms. The highest BCUT2D eigenvalue weighted by Gasteiger charge is 2.27. The molecule has 1 saturated heterocycles. The normalized spacial score (nSPS) is 17.3. The highest BCUT2D eigenvalue weighted by atomic mass is 16.1. The Morgan fingerprint density at radius 1 is 1.17 bits per heavy atom. The molecule has 0 radical (unpaired) electrons. The zero-order valence-corrected chi connectivity index (χ0v) is 15.0. The van der Waals surface area contributed by atoms with Crippen molar-refractivity contribution in [3.05, 3.63) is 52.2 Å². The molecule has 3 rings (SSSR count). The van der Waals surface area contributed by atoms with E-state index in [1.807, 2.05) is 18.2 Å². The van der Waals surface area contributed by atoms with E-state index in [1.54, 1.807) is 4.57 Å². The summed E-state index contributed by atoms with van der Waals surface area (Å²) < 4.78 is 1.80. The highest BCUT2D eigenvalue weighted by molar-refractivity contribution is 5.16. The highest BCUT2D eigenvalue weighted by Crippen LogP contribution is 2.28. The van der Waals surface area contributed by atoms with Gasteiger partial charge in [0.15, 0.2) is 0 Å². The van der Waals surface area contributed by atoms with Gasteiger partial charge < -0.3 is 4.90 Å². The standard InChI is InChI=1S/C19H28N4O/c1-19(2,3)14-22-11-9-16(10-12-22)17-20-21-18(24)23(17)13-15-7-5-4-6-8-15/h4-8,16H,9-14H2,1-3H3,(H,21,24). The van der Waals surface area contributed by atoms with Crippen molar-refractivity contribution in [2.24, 2.45) is 5.41 Å². The van der Waals surface area contributed by atoms with E-state index in [-0.39, 0.29) is 5.69 Å². The average molecular weight is 328 g/mol. The molecular formula is C19H28N4O. The van der Waals surface area contributed by atoms with Crippen LogP contribution in [0.15, 0.2) is 35.1 Å². The van der Waals surface area contributed by atoms with Crippen molar-refractivity contribution in [1.29, 1.82) is 0 Å².